The number of hydrogen-bond acceptors (Lipinski definition) is 4. The van der Waals surface area contributed by atoms with Crippen LogP contribution in [0, 0.1) is 0 Å². The summed E-state index contributed by atoms with van der Waals surface area (Å²) < 4.78 is 10.7. The summed E-state index contributed by atoms with van der Waals surface area (Å²) in [6.45, 7) is 0.886. The van der Waals surface area contributed by atoms with Gasteiger partial charge in [-0.15, -0.1) is 0 Å². The second kappa shape index (κ2) is 8.32. The quantitative estimate of drug-likeness (QED) is 0.678. The van der Waals surface area contributed by atoms with Crippen molar-refractivity contribution in [3.05, 3.63) is 60.7 Å². The lowest BCUT2D eigenvalue weighted by Crippen LogP contribution is -2.37. The summed E-state index contributed by atoms with van der Waals surface area (Å²) >= 11 is 0. The first kappa shape index (κ1) is 19.6. The average molecular weight is 405 g/mol. The van der Waals surface area contributed by atoms with E-state index in [1.165, 1.54) is 4.90 Å². The summed E-state index contributed by atoms with van der Waals surface area (Å²) in [5, 5.41) is 4.94. The zero-order chi connectivity index (χ0) is 21.1. The fraction of sp³-hybridized carbons (Fsp3) is 0.217. The summed E-state index contributed by atoms with van der Waals surface area (Å²) in [4.78, 5) is 28.7. The smallest absolute Gasteiger partial charge is 0.325 e. The molecule has 7 heteroatoms. The molecule has 0 bridgehead atoms. The van der Waals surface area contributed by atoms with E-state index in [9.17, 15) is 9.59 Å². The van der Waals surface area contributed by atoms with Gasteiger partial charge in [0.1, 0.15) is 18.0 Å². The first-order chi connectivity index (χ1) is 14.6. The molecule has 4 rings (SSSR count). The molecular weight excluding hydrogens is 382 g/mol. The Morgan fingerprint density at radius 2 is 1.80 bits per heavy atom. The van der Waals surface area contributed by atoms with Gasteiger partial charge in [-0.25, -0.2) is 4.79 Å². The van der Waals surface area contributed by atoms with Gasteiger partial charge in [0.15, 0.2) is 0 Å². The van der Waals surface area contributed by atoms with E-state index in [0.29, 0.717) is 30.3 Å². The molecule has 3 amide bonds. The standard InChI is InChI=1S/C23H23N3O4/c1-29-17-10-11-21(30-2)20(14-17)26-13-12-25(23(26)28)15-22(27)24-19-9-5-7-16-6-3-4-8-18(16)19/h3-11,14H,12-13,15H2,1-2H3,(H,24,27). The molecule has 0 spiro atoms. The Morgan fingerprint density at radius 3 is 2.60 bits per heavy atom. The van der Waals surface area contributed by atoms with Crippen molar-refractivity contribution in [2.45, 2.75) is 0 Å². The first-order valence-corrected chi connectivity index (χ1v) is 9.67. The highest BCUT2D eigenvalue weighted by Gasteiger charge is 2.32. The molecule has 1 aliphatic heterocycles. The Morgan fingerprint density at radius 1 is 1.00 bits per heavy atom. The minimum atomic E-state index is -0.241. The van der Waals surface area contributed by atoms with Gasteiger partial charge >= 0.3 is 6.03 Å². The van der Waals surface area contributed by atoms with E-state index in [1.807, 2.05) is 42.5 Å². The van der Waals surface area contributed by atoms with Crippen molar-refractivity contribution in [1.29, 1.82) is 0 Å². The summed E-state index contributed by atoms with van der Waals surface area (Å²) in [7, 11) is 3.13. The number of anilines is 2. The lowest BCUT2D eigenvalue weighted by Gasteiger charge is -2.21. The fourth-order valence-electron chi connectivity index (χ4n) is 3.66. The van der Waals surface area contributed by atoms with Gasteiger partial charge in [0.05, 0.1) is 19.9 Å². The normalized spacial score (nSPS) is 13.6. The Kier molecular flexibility index (Phi) is 5.43. The summed E-state index contributed by atoms with van der Waals surface area (Å²) in [5.74, 6) is 0.969. The van der Waals surface area contributed by atoms with Crippen LogP contribution in [-0.2, 0) is 4.79 Å². The number of carbonyl (C=O) groups excluding carboxylic acids is 2. The highest BCUT2D eigenvalue weighted by molar-refractivity contribution is 6.04. The van der Waals surface area contributed by atoms with E-state index < -0.39 is 0 Å². The molecular formula is C23H23N3O4. The summed E-state index contributed by atoms with van der Waals surface area (Å²) in [6.07, 6.45) is 0. The van der Waals surface area contributed by atoms with E-state index in [-0.39, 0.29) is 18.5 Å². The number of carbonyl (C=O) groups is 2. The lowest BCUT2D eigenvalue weighted by atomic mass is 10.1. The van der Waals surface area contributed by atoms with Crippen LogP contribution >= 0.6 is 0 Å². The predicted octanol–water partition coefficient (Wildman–Crippen LogP) is 3.74. The monoisotopic (exact) mass is 405 g/mol. The molecule has 0 aromatic heterocycles. The number of nitrogens with one attached hydrogen (secondary N) is 1. The predicted molar refractivity (Wildman–Crippen MR) is 116 cm³/mol. The maximum Gasteiger partial charge on any atom is 0.325 e. The van der Waals surface area contributed by atoms with Crippen LogP contribution in [-0.4, -0.2) is 50.7 Å². The van der Waals surface area contributed by atoms with Crippen LogP contribution in [0.4, 0.5) is 16.2 Å². The minimum Gasteiger partial charge on any atom is -0.497 e. The first-order valence-electron chi connectivity index (χ1n) is 9.67. The Bertz CT molecular complexity index is 1090. The Hall–Kier alpha value is -3.74. The van der Waals surface area contributed by atoms with Crippen LogP contribution in [0.15, 0.2) is 60.7 Å². The van der Waals surface area contributed by atoms with E-state index in [1.54, 1.807) is 37.3 Å². The molecule has 0 atom stereocenters. The van der Waals surface area contributed by atoms with Gasteiger partial charge in [-0.05, 0) is 23.6 Å². The van der Waals surface area contributed by atoms with Gasteiger partial charge in [0.2, 0.25) is 5.91 Å². The lowest BCUT2D eigenvalue weighted by molar-refractivity contribution is -0.116. The van der Waals surface area contributed by atoms with Gasteiger partial charge < -0.3 is 19.7 Å². The molecule has 1 N–H and O–H groups in total. The van der Waals surface area contributed by atoms with Crippen molar-refractivity contribution in [3.63, 3.8) is 0 Å². The topological polar surface area (TPSA) is 71.1 Å². The average Bonchev–Trinajstić information content (AvgIpc) is 3.13. The SMILES string of the molecule is COc1ccc(OC)c(N2CCN(CC(=O)Nc3cccc4ccccc34)C2=O)c1. The molecule has 0 aliphatic carbocycles. The van der Waals surface area contributed by atoms with Crippen LogP contribution in [0.25, 0.3) is 10.8 Å². The molecule has 30 heavy (non-hydrogen) atoms. The van der Waals surface area contributed by atoms with Crippen LogP contribution in [0.5, 0.6) is 11.5 Å². The molecule has 0 unspecified atom stereocenters. The van der Waals surface area contributed by atoms with Gasteiger partial charge in [0.25, 0.3) is 0 Å². The number of fused-ring (bicyclic) bond motifs is 1. The number of urea groups is 1. The van der Waals surface area contributed by atoms with Gasteiger partial charge in [-0.2, -0.15) is 0 Å². The van der Waals surface area contributed by atoms with E-state index in [4.69, 9.17) is 9.47 Å². The van der Waals surface area contributed by atoms with Crippen LogP contribution in [0.2, 0.25) is 0 Å². The number of rotatable bonds is 6. The molecule has 1 fully saturated rings. The Balaban J connectivity index is 1.48. The summed E-state index contributed by atoms with van der Waals surface area (Å²) in [5.41, 5.74) is 1.36. The van der Waals surface area contributed by atoms with E-state index >= 15 is 0 Å². The third kappa shape index (κ3) is 3.74. The zero-order valence-electron chi connectivity index (χ0n) is 16.9. The number of nitrogens with zero attached hydrogens (tertiary/aromatic N) is 2. The molecule has 154 valence electrons. The minimum absolute atomic E-state index is 0.0230. The van der Waals surface area contributed by atoms with Crippen molar-refractivity contribution >= 4 is 34.1 Å². The van der Waals surface area contributed by atoms with Crippen molar-refractivity contribution in [3.8, 4) is 11.5 Å². The molecule has 1 heterocycles. The molecule has 1 saturated heterocycles. The highest BCUT2D eigenvalue weighted by Crippen LogP contribution is 2.34. The van der Waals surface area contributed by atoms with Crippen LogP contribution in [0.1, 0.15) is 0 Å². The second-order valence-electron chi connectivity index (χ2n) is 6.97. The third-order valence-electron chi connectivity index (χ3n) is 5.17. The maximum atomic E-state index is 12.9. The van der Waals surface area contributed by atoms with Crippen molar-refractivity contribution < 1.29 is 19.1 Å². The maximum absolute atomic E-state index is 12.9. The Labute approximate surface area is 174 Å². The van der Waals surface area contributed by atoms with Crippen molar-refractivity contribution in [2.24, 2.45) is 0 Å². The second-order valence-corrected chi connectivity index (χ2v) is 6.97. The molecule has 7 nitrogen and oxygen atoms in total. The van der Waals surface area contributed by atoms with Crippen molar-refractivity contribution in [1.82, 2.24) is 4.90 Å². The number of amides is 3. The fourth-order valence-corrected chi connectivity index (χ4v) is 3.66. The van der Waals surface area contributed by atoms with Crippen LogP contribution in [0.3, 0.4) is 0 Å². The zero-order valence-corrected chi connectivity index (χ0v) is 16.9. The number of benzene rings is 3. The molecule has 3 aromatic rings. The van der Waals surface area contributed by atoms with Gasteiger partial charge in [-0.1, -0.05) is 36.4 Å². The third-order valence-corrected chi connectivity index (χ3v) is 5.17. The molecule has 0 radical (unpaired) electrons. The van der Waals surface area contributed by atoms with Crippen LogP contribution < -0.4 is 19.7 Å². The molecule has 1 aliphatic rings. The number of ether oxygens (including phenoxy) is 2. The molecule has 3 aromatic carbocycles. The van der Waals surface area contributed by atoms with Crippen molar-refractivity contribution in [2.75, 3.05) is 44.1 Å². The summed E-state index contributed by atoms with van der Waals surface area (Å²) in [6, 6.07) is 18.7. The highest BCUT2D eigenvalue weighted by atomic mass is 16.5. The van der Waals surface area contributed by atoms with Gasteiger partial charge in [-0.3, -0.25) is 9.69 Å². The van der Waals surface area contributed by atoms with E-state index in [2.05, 4.69) is 5.32 Å². The van der Waals surface area contributed by atoms with Gasteiger partial charge in [0, 0.05) is 30.2 Å². The van der Waals surface area contributed by atoms with E-state index in [0.717, 1.165) is 16.5 Å². The number of methoxy groups -OCH3 is 2. The number of hydrogen-bond donors (Lipinski definition) is 1. The molecule has 0 saturated carbocycles. The largest absolute Gasteiger partial charge is 0.497 e.